The lowest BCUT2D eigenvalue weighted by Crippen LogP contribution is -2.59. The van der Waals surface area contributed by atoms with Crippen molar-refractivity contribution in [3.8, 4) is 40.1 Å². The third-order valence-corrected chi connectivity index (χ3v) is 11.3. The highest BCUT2D eigenvalue weighted by Crippen LogP contribution is 2.50. The van der Waals surface area contributed by atoms with E-state index in [0.29, 0.717) is 22.8 Å². The first-order valence-electron chi connectivity index (χ1n) is 20.8. The molecule has 3 aliphatic rings. The van der Waals surface area contributed by atoms with E-state index in [9.17, 15) is 10.2 Å². The molecule has 7 aromatic rings. The summed E-state index contributed by atoms with van der Waals surface area (Å²) in [4.78, 5) is 15.2. The Morgan fingerprint density at radius 2 is 1.25 bits per heavy atom. The topological polar surface area (TPSA) is 145 Å². The van der Waals surface area contributed by atoms with Crippen molar-refractivity contribution in [2.75, 3.05) is 6.61 Å². The minimum atomic E-state index is -1.50. The normalized spacial score (nSPS) is 21.7. The highest BCUT2D eigenvalue weighted by atomic mass is 16.8. The van der Waals surface area contributed by atoms with Gasteiger partial charge in [-0.2, -0.15) is 0 Å². The van der Waals surface area contributed by atoms with Crippen LogP contribution in [0, 0.1) is 0 Å². The Hall–Kier alpha value is -6.67. The predicted octanol–water partition coefficient (Wildman–Crippen LogP) is 8.27. The van der Waals surface area contributed by atoms with Crippen LogP contribution in [0.25, 0.3) is 22.3 Å². The predicted molar refractivity (Wildman–Crippen MR) is 231 cm³/mol. The zero-order valence-corrected chi connectivity index (χ0v) is 34.4. The van der Waals surface area contributed by atoms with Gasteiger partial charge in [0.2, 0.25) is 17.5 Å². The Morgan fingerprint density at radius 3 is 1.89 bits per heavy atom. The van der Waals surface area contributed by atoms with E-state index in [1.807, 2.05) is 121 Å². The Morgan fingerprint density at radius 1 is 0.667 bits per heavy atom. The van der Waals surface area contributed by atoms with E-state index in [2.05, 4.69) is 0 Å². The smallest absolute Gasteiger partial charge is 0.305 e. The molecule has 63 heavy (non-hydrogen) atoms. The highest BCUT2D eigenvalue weighted by molar-refractivity contribution is 5.89. The van der Waals surface area contributed by atoms with Crippen LogP contribution in [0.5, 0.6) is 28.7 Å². The lowest BCUT2D eigenvalue weighted by atomic mass is 9.97. The number of aliphatic hydroxyl groups excluding tert-OH is 2. The van der Waals surface area contributed by atoms with Crippen LogP contribution in [0.3, 0.4) is 0 Å². The summed E-state index contributed by atoms with van der Waals surface area (Å²) in [6.45, 7) is 3.31. The zero-order valence-electron chi connectivity index (χ0n) is 34.4. The van der Waals surface area contributed by atoms with Gasteiger partial charge in [0.1, 0.15) is 60.1 Å². The molecule has 1 aromatic heterocycles. The highest BCUT2D eigenvalue weighted by Gasteiger charge is 2.56. The average molecular weight is 849 g/mol. The van der Waals surface area contributed by atoms with Crippen molar-refractivity contribution in [2.24, 2.45) is 0 Å². The minimum absolute atomic E-state index is 0.00701. The van der Waals surface area contributed by atoms with Crippen molar-refractivity contribution < 1.29 is 52.5 Å². The molecule has 0 unspecified atom stereocenters. The molecule has 12 nitrogen and oxygen atoms in total. The quantitative estimate of drug-likeness (QED) is 0.122. The Kier molecular flexibility index (Phi) is 10.6. The summed E-state index contributed by atoms with van der Waals surface area (Å²) in [5, 5.41) is 22.2. The van der Waals surface area contributed by atoms with Crippen LogP contribution in [0.2, 0.25) is 0 Å². The maximum Gasteiger partial charge on any atom is 0.305 e. The molecule has 4 heterocycles. The molecule has 2 saturated heterocycles. The lowest BCUT2D eigenvalue weighted by molar-refractivity contribution is -0.254. The molecule has 0 radical (unpaired) electrons. The van der Waals surface area contributed by atoms with Crippen LogP contribution < -0.4 is 29.1 Å². The van der Waals surface area contributed by atoms with Gasteiger partial charge in [-0.05, 0) is 43.2 Å². The largest absolute Gasteiger partial charge is 0.489 e. The Bertz CT molecular complexity index is 2740. The number of rotatable bonds is 12. The first kappa shape index (κ1) is 40.4. The monoisotopic (exact) mass is 848 g/mol. The van der Waals surface area contributed by atoms with Crippen molar-refractivity contribution >= 4 is 11.0 Å². The number of aliphatic hydroxyl groups is 2. The van der Waals surface area contributed by atoms with E-state index in [-0.39, 0.29) is 41.4 Å². The number of fused-ring (bicyclic) bond motifs is 3. The average Bonchev–Trinajstić information content (AvgIpc) is 3.88. The molecular weight excluding hydrogens is 805 g/mol. The van der Waals surface area contributed by atoms with Gasteiger partial charge in [0, 0.05) is 28.8 Å². The molecular formula is C51H44O12. The third kappa shape index (κ3) is 7.77. The second kappa shape index (κ2) is 16.6. The van der Waals surface area contributed by atoms with Gasteiger partial charge in [-0.15, -0.1) is 0 Å². The van der Waals surface area contributed by atoms with Gasteiger partial charge in [-0.25, -0.2) is 0 Å². The van der Waals surface area contributed by atoms with Crippen LogP contribution >= 0.6 is 0 Å². The molecule has 320 valence electrons. The zero-order chi connectivity index (χ0) is 43.1. The van der Waals surface area contributed by atoms with Gasteiger partial charge in [0.05, 0.1) is 6.61 Å². The van der Waals surface area contributed by atoms with Crippen molar-refractivity contribution in [3.05, 3.63) is 184 Å². The molecule has 6 aromatic carbocycles. The van der Waals surface area contributed by atoms with Crippen molar-refractivity contribution in [1.82, 2.24) is 0 Å². The summed E-state index contributed by atoms with van der Waals surface area (Å²) in [7, 11) is 0. The van der Waals surface area contributed by atoms with Crippen LogP contribution in [0.1, 0.15) is 36.1 Å². The fourth-order valence-electron chi connectivity index (χ4n) is 8.29. The minimum Gasteiger partial charge on any atom is -0.489 e. The van der Waals surface area contributed by atoms with E-state index in [1.165, 1.54) is 0 Å². The first-order valence-corrected chi connectivity index (χ1v) is 20.8. The summed E-state index contributed by atoms with van der Waals surface area (Å²) >= 11 is 0. The van der Waals surface area contributed by atoms with Gasteiger partial charge in [-0.1, -0.05) is 121 Å². The second-order valence-electron chi connectivity index (χ2n) is 16.0. The molecule has 2 fully saturated rings. The van der Waals surface area contributed by atoms with Crippen LogP contribution in [0.15, 0.2) is 161 Å². The standard InChI is InChI=1S/C51H44O12/c1-50(2)62-46-41(28-52)58-49(44(54)48(46)63-50)59-47-43(53)42-39(56-30-32-17-9-4-10-18-32)26-36(55-29-31-15-7-3-8-16-31)27-40(42)57-45(47)33-23-24-37-38(25-33)61-51(60-37,34-19-11-5-12-20-34)35-21-13-6-14-22-35/h3-27,41,44,46,48-49,52,54H,28-30H2,1-2H3/t41-,44-,46+,48-,49+/m1/s1. The molecule has 0 bridgehead atoms. The number of ether oxygens (including phenoxy) is 8. The van der Waals surface area contributed by atoms with Crippen molar-refractivity contribution in [2.45, 2.75) is 69.3 Å². The van der Waals surface area contributed by atoms with Crippen molar-refractivity contribution in [1.29, 1.82) is 0 Å². The maximum atomic E-state index is 15.2. The van der Waals surface area contributed by atoms with E-state index < -0.39 is 54.3 Å². The molecule has 12 heteroatoms. The van der Waals surface area contributed by atoms with E-state index >= 15 is 4.79 Å². The Labute approximate surface area is 362 Å². The number of benzene rings is 6. The molecule has 0 aliphatic carbocycles. The SMILES string of the molecule is CC1(C)O[C@@H]2[C@@H](O)[C@H](Oc3c(-c4ccc5c(c4)OC(c4ccccc4)(c4ccccc4)O5)oc4cc(OCc5ccccc5)cc(OCc5ccccc5)c4c3=O)O[C@H](CO)[C@@H]2O1. The van der Waals surface area contributed by atoms with Gasteiger partial charge < -0.3 is 52.5 Å². The molecule has 0 saturated carbocycles. The van der Waals surface area contributed by atoms with Gasteiger partial charge in [0.25, 0.3) is 0 Å². The molecule has 3 aliphatic heterocycles. The number of hydrogen-bond donors (Lipinski definition) is 2. The number of hydrogen-bond acceptors (Lipinski definition) is 12. The fraction of sp³-hybridized carbons (Fsp3) is 0.235. The maximum absolute atomic E-state index is 15.2. The van der Waals surface area contributed by atoms with Crippen LogP contribution in [0.4, 0.5) is 0 Å². The summed E-state index contributed by atoms with van der Waals surface area (Å²) < 4.78 is 57.6. The van der Waals surface area contributed by atoms with E-state index in [4.69, 9.17) is 42.3 Å². The van der Waals surface area contributed by atoms with Crippen LogP contribution in [-0.2, 0) is 33.2 Å². The molecule has 5 atom stereocenters. The molecule has 0 spiro atoms. The summed E-state index contributed by atoms with van der Waals surface area (Å²) in [5.41, 5.74) is 3.24. The second-order valence-corrected chi connectivity index (χ2v) is 16.0. The molecule has 2 N–H and O–H groups in total. The third-order valence-electron chi connectivity index (χ3n) is 11.3. The summed E-state index contributed by atoms with van der Waals surface area (Å²) in [6.07, 6.45) is -5.65. The molecule has 0 amide bonds. The Balaban J connectivity index is 1.11. The first-order chi connectivity index (χ1) is 30.7. The van der Waals surface area contributed by atoms with Crippen molar-refractivity contribution in [3.63, 3.8) is 0 Å². The van der Waals surface area contributed by atoms with Gasteiger partial charge in [-0.3, -0.25) is 4.79 Å². The summed E-state index contributed by atoms with van der Waals surface area (Å²) in [5.74, 6) is -1.31. The molecule has 10 rings (SSSR count). The van der Waals surface area contributed by atoms with Gasteiger partial charge in [0.15, 0.2) is 23.0 Å². The van der Waals surface area contributed by atoms with E-state index in [0.717, 1.165) is 22.3 Å². The summed E-state index contributed by atoms with van der Waals surface area (Å²) in [6, 6.07) is 46.9. The van der Waals surface area contributed by atoms with Gasteiger partial charge >= 0.3 is 5.79 Å². The fourth-order valence-corrected chi connectivity index (χ4v) is 8.29. The van der Waals surface area contributed by atoms with E-state index in [1.54, 1.807) is 44.2 Å². The lowest BCUT2D eigenvalue weighted by Gasteiger charge is -2.39. The van der Waals surface area contributed by atoms with Crippen LogP contribution in [-0.4, -0.2) is 53.3 Å².